The minimum Gasteiger partial charge on any atom is -0.409 e. The van der Waals surface area contributed by atoms with Crippen LogP contribution in [0.25, 0.3) is 0 Å². The summed E-state index contributed by atoms with van der Waals surface area (Å²) in [6.45, 7) is 3.84. The summed E-state index contributed by atoms with van der Waals surface area (Å²) < 4.78 is 30.7. The Bertz CT molecular complexity index is 582. The molecule has 0 amide bonds. The van der Waals surface area contributed by atoms with Crippen LogP contribution in [0.5, 0.6) is 0 Å². The summed E-state index contributed by atoms with van der Waals surface area (Å²) in [4.78, 5) is 0. The van der Waals surface area contributed by atoms with Crippen molar-refractivity contribution in [1.29, 1.82) is 0 Å². The van der Waals surface area contributed by atoms with E-state index in [9.17, 15) is 8.42 Å². The maximum absolute atomic E-state index is 12.1. The number of oxime groups is 1. The molecule has 0 saturated heterocycles. The molecule has 0 unspecified atom stereocenters. The zero-order chi connectivity index (χ0) is 16.0. The van der Waals surface area contributed by atoms with E-state index in [0.29, 0.717) is 11.3 Å². The number of nitrogens with two attached hydrogens (primary N) is 1. The average molecular weight is 315 g/mol. The highest BCUT2D eigenvalue weighted by atomic mass is 32.2. The van der Waals surface area contributed by atoms with E-state index in [0.717, 1.165) is 0 Å². The zero-order valence-corrected chi connectivity index (χ0v) is 13.2. The molecular weight excluding hydrogens is 294 g/mol. The fraction of sp³-hybridized carbons (Fsp3) is 0.462. The minimum absolute atomic E-state index is 0.00877. The average Bonchev–Trinajstić information content (AvgIpc) is 2.45. The van der Waals surface area contributed by atoms with Gasteiger partial charge in [-0.3, -0.25) is 4.31 Å². The van der Waals surface area contributed by atoms with Gasteiger partial charge in [-0.15, -0.1) is 0 Å². The van der Waals surface area contributed by atoms with Crippen LogP contribution in [-0.2, 0) is 14.8 Å². The van der Waals surface area contributed by atoms with Gasteiger partial charge in [-0.25, -0.2) is 8.42 Å². The number of rotatable bonds is 7. The third-order valence-electron chi connectivity index (χ3n) is 2.84. The van der Waals surface area contributed by atoms with Gasteiger partial charge in [-0.1, -0.05) is 5.16 Å². The van der Waals surface area contributed by atoms with Crippen molar-refractivity contribution in [3.63, 3.8) is 0 Å². The van der Waals surface area contributed by atoms with E-state index in [-0.39, 0.29) is 24.3 Å². The molecule has 0 aliphatic carbocycles. The third-order valence-corrected chi connectivity index (χ3v) is 4.57. The molecule has 0 aromatic heterocycles. The molecule has 0 bridgehead atoms. The van der Waals surface area contributed by atoms with Gasteiger partial charge in [0.15, 0.2) is 5.84 Å². The fourth-order valence-electron chi connectivity index (χ4n) is 1.59. The Kier molecular flexibility index (Phi) is 5.98. The van der Waals surface area contributed by atoms with E-state index in [4.69, 9.17) is 15.7 Å². The molecule has 3 N–H and O–H groups in total. The third kappa shape index (κ3) is 4.91. The fourth-order valence-corrected chi connectivity index (χ4v) is 2.61. The van der Waals surface area contributed by atoms with Crippen LogP contribution in [0.1, 0.15) is 19.4 Å². The number of hydrogen-bond acceptors (Lipinski definition) is 5. The molecule has 1 aromatic carbocycles. The van der Waals surface area contributed by atoms with Crippen molar-refractivity contribution in [2.24, 2.45) is 10.9 Å². The Morgan fingerprint density at radius 1 is 1.38 bits per heavy atom. The Hall–Kier alpha value is -1.80. The van der Waals surface area contributed by atoms with Gasteiger partial charge in [0.25, 0.3) is 0 Å². The smallest absolute Gasteiger partial charge is 0.237 e. The first-order chi connectivity index (χ1) is 9.77. The second-order valence-corrected chi connectivity index (χ2v) is 6.85. The summed E-state index contributed by atoms with van der Waals surface area (Å²) >= 11 is 0. The second kappa shape index (κ2) is 7.28. The van der Waals surface area contributed by atoms with Crippen LogP contribution in [0.4, 0.5) is 5.69 Å². The Morgan fingerprint density at radius 3 is 2.43 bits per heavy atom. The lowest BCUT2D eigenvalue weighted by molar-refractivity contribution is 0.0912. The first-order valence-corrected chi connectivity index (χ1v) is 8.05. The highest BCUT2D eigenvalue weighted by molar-refractivity contribution is 7.92. The molecule has 1 aromatic rings. The lowest BCUT2D eigenvalue weighted by Crippen LogP contribution is -2.31. The van der Waals surface area contributed by atoms with Gasteiger partial charge in [-0.05, 0) is 38.1 Å². The monoisotopic (exact) mass is 315 g/mol. The maximum atomic E-state index is 12.1. The molecule has 118 valence electrons. The zero-order valence-electron chi connectivity index (χ0n) is 12.4. The largest absolute Gasteiger partial charge is 0.409 e. The molecular formula is C13H21N3O4S. The normalized spacial score (nSPS) is 12.7. The molecule has 0 radical (unpaired) electrons. The molecule has 0 saturated carbocycles. The topological polar surface area (TPSA) is 105 Å². The molecule has 0 atom stereocenters. The van der Waals surface area contributed by atoms with Crippen molar-refractivity contribution < 1.29 is 18.4 Å². The number of benzene rings is 1. The van der Waals surface area contributed by atoms with Gasteiger partial charge in [0.05, 0.1) is 24.2 Å². The van der Waals surface area contributed by atoms with Crippen LogP contribution >= 0.6 is 0 Å². The lowest BCUT2D eigenvalue weighted by Gasteiger charge is -2.20. The van der Waals surface area contributed by atoms with Crippen molar-refractivity contribution in [2.45, 2.75) is 20.0 Å². The van der Waals surface area contributed by atoms with Crippen LogP contribution < -0.4 is 10.0 Å². The van der Waals surface area contributed by atoms with Crippen LogP contribution in [0, 0.1) is 0 Å². The Balaban J connectivity index is 2.80. The predicted octanol–water partition coefficient (Wildman–Crippen LogP) is 0.972. The predicted molar refractivity (Wildman–Crippen MR) is 82.2 cm³/mol. The minimum atomic E-state index is -3.45. The summed E-state index contributed by atoms with van der Waals surface area (Å²) in [6, 6.07) is 6.35. The molecule has 0 heterocycles. The Morgan fingerprint density at radius 2 is 1.95 bits per heavy atom. The quantitative estimate of drug-likeness (QED) is 0.337. The van der Waals surface area contributed by atoms with E-state index in [1.165, 1.54) is 11.4 Å². The van der Waals surface area contributed by atoms with Crippen LogP contribution in [0.2, 0.25) is 0 Å². The molecule has 0 fully saturated rings. The standard InChI is InChI=1S/C13H21N3O4S/c1-10(2)20-8-9-21(18,19)16(3)12-6-4-11(5-7-12)13(14)15-17/h4-7,10,17H,8-9H2,1-3H3,(H2,14,15). The molecule has 21 heavy (non-hydrogen) atoms. The Labute approximate surface area is 125 Å². The van der Waals surface area contributed by atoms with Crippen molar-refractivity contribution in [2.75, 3.05) is 23.7 Å². The summed E-state index contributed by atoms with van der Waals surface area (Å²) in [6.07, 6.45) is -0.00877. The van der Waals surface area contributed by atoms with Crippen LogP contribution in [-0.4, -0.2) is 45.0 Å². The number of ether oxygens (including phenoxy) is 1. The molecule has 0 aliphatic heterocycles. The summed E-state index contributed by atoms with van der Waals surface area (Å²) in [5.41, 5.74) is 6.46. The highest BCUT2D eigenvalue weighted by Gasteiger charge is 2.18. The number of hydrogen-bond donors (Lipinski definition) is 2. The van der Waals surface area contributed by atoms with E-state index < -0.39 is 10.0 Å². The number of nitrogens with zero attached hydrogens (tertiary/aromatic N) is 2. The first-order valence-electron chi connectivity index (χ1n) is 6.44. The molecule has 8 heteroatoms. The van der Waals surface area contributed by atoms with Gasteiger partial charge < -0.3 is 15.7 Å². The molecule has 0 spiro atoms. The first kappa shape index (κ1) is 17.3. The summed E-state index contributed by atoms with van der Waals surface area (Å²) in [7, 11) is -1.97. The van der Waals surface area contributed by atoms with E-state index >= 15 is 0 Å². The number of anilines is 1. The molecule has 0 aliphatic rings. The van der Waals surface area contributed by atoms with Crippen molar-refractivity contribution >= 4 is 21.5 Å². The maximum Gasteiger partial charge on any atom is 0.237 e. The van der Waals surface area contributed by atoms with Crippen LogP contribution in [0.3, 0.4) is 0 Å². The SMILES string of the molecule is CC(C)OCCS(=O)(=O)N(C)c1ccc(C(N)=NO)cc1. The van der Waals surface area contributed by atoms with Gasteiger partial charge in [0.1, 0.15) is 0 Å². The van der Waals surface area contributed by atoms with Crippen LogP contribution in [0.15, 0.2) is 29.4 Å². The number of sulfonamides is 1. The van der Waals surface area contributed by atoms with Crippen molar-refractivity contribution in [1.82, 2.24) is 0 Å². The highest BCUT2D eigenvalue weighted by Crippen LogP contribution is 2.17. The molecule has 1 rings (SSSR count). The van der Waals surface area contributed by atoms with Gasteiger partial charge >= 0.3 is 0 Å². The second-order valence-electron chi connectivity index (χ2n) is 4.74. The van der Waals surface area contributed by atoms with E-state index in [1.54, 1.807) is 24.3 Å². The van der Waals surface area contributed by atoms with Crippen molar-refractivity contribution in [3.05, 3.63) is 29.8 Å². The van der Waals surface area contributed by atoms with E-state index in [2.05, 4.69) is 5.16 Å². The molecule has 7 nitrogen and oxygen atoms in total. The van der Waals surface area contributed by atoms with Gasteiger partial charge in [-0.2, -0.15) is 0 Å². The lowest BCUT2D eigenvalue weighted by atomic mass is 10.2. The van der Waals surface area contributed by atoms with Gasteiger partial charge in [0.2, 0.25) is 10.0 Å². The summed E-state index contributed by atoms with van der Waals surface area (Å²) in [5.74, 6) is -0.124. The number of amidine groups is 1. The van der Waals surface area contributed by atoms with E-state index in [1.807, 2.05) is 13.8 Å². The van der Waals surface area contributed by atoms with Crippen molar-refractivity contribution in [3.8, 4) is 0 Å². The van der Waals surface area contributed by atoms with Gasteiger partial charge in [0, 0.05) is 12.6 Å². The summed E-state index contributed by atoms with van der Waals surface area (Å²) in [5, 5.41) is 11.5.